The Balaban J connectivity index is 1.91. The summed E-state index contributed by atoms with van der Waals surface area (Å²) in [5.74, 6) is 0.0466. The number of hydrogen-bond donors (Lipinski definition) is 1. The van der Waals surface area contributed by atoms with Crippen LogP contribution in [0.3, 0.4) is 0 Å². The predicted octanol–water partition coefficient (Wildman–Crippen LogP) is 7.39. The van der Waals surface area contributed by atoms with Crippen molar-refractivity contribution in [2.75, 3.05) is 5.32 Å². The van der Waals surface area contributed by atoms with Crippen LogP contribution in [0.15, 0.2) is 55.1 Å². The van der Waals surface area contributed by atoms with Crippen LogP contribution < -0.4 is 5.32 Å². The first-order valence-corrected chi connectivity index (χ1v) is 11.0. The molecule has 3 nitrogen and oxygen atoms in total. The molecule has 3 aromatic rings. The van der Waals surface area contributed by atoms with Crippen LogP contribution >= 0.6 is 0 Å². The SMILES string of the molecule is C=C(C)c1cc2cc(NC(=O)CC(C)(C)C)ccc2n1Cc1ccc(C(C)(C)C)cc1. The second-order valence-corrected chi connectivity index (χ2v) is 10.9. The number of aromatic nitrogens is 1. The molecule has 0 radical (unpaired) electrons. The van der Waals surface area contributed by atoms with Crippen molar-refractivity contribution in [2.45, 2.75) is 66.8 Å². The standard InChI is InChI=1S/C28H36N2O/c1-19(2)25-16-21-15-23(29-26(31)17-27(3,4)5)13-14-24(21)30(25)18-20-9-11-22(12-10-20)28(6,7)8/h9-16H,1,17-18H2,2-8H3,(H,29,31). The van der Waals surface area contributed by atoms with Crippen LogP contribution in [0.5, 0.6) is 0 Å². The molecule has 0 saturated carbocycles. The van der Waals surface area contributed by atoms with Gasteiger partial charge in [-0.05, 0) is 58.7 Å². The minimum absolute atomic E-state index is 0.0346. The Kier molecular flexibility index (Phi) is 6.18. The number of carbonyl (C=O) groups is 1. The number of nitrogens with zero attached hydrogens (tertiary/aromatic N) is 1. The second kappa shape index (κ2) is 8.37. The third-order valence-electron chi connectivity index (χ3n) is 5.47. The summed E-state index contributed by atoms with van der Waals surface area (Å²) in [6, 6.07) is 17.2. The smallest absolute Gasteiger partial charge is 0.224 e. The molecule has 3 heteroatoms. The molecule has 164 valence electrons. The summed E-state index contributed by atoms with van der Waals surface area (Å²) in [5, 5.41) is 4.16. The van der Waals surface area contributed by atoms with Crippen molar-refractivity contribution >= 4 is 28.1 Å². The Morgan fingerprint density at radius 2 is 1.61 bits per heavy atom. The van der Waals surface area contributed by atoms with E-state index >= 15 is 0 Å². The van der Waals surface area contributed by atoms with Crippen molar-refractivity contribution in [3.8, 4) is 0 Å². The Hall–Kier alpha value is -2.81. The minimum atomic E-state index is -0.0346. The van der Waals surface area contributed by atoms with E-state index in [0.29, 0.717) is 6.42 Å². The highest BCUT2D eigenvalue weighted by atomic mass is 16.1. The molecule has 1 N–H and O–H groups in total. The molecule has 1 heterocycles. The molecule has 3 rings (SSSR count). The van der Waals surface area contributed by atoms with Crippen molar-refractivity contribution in [2.24, 2.45) is 5.41 Å². The van der Waals surface area contributed by atoms with Gasteiger partial charge in [0.25, 0.3) is 0 Å². The quantitative estimate of drug-likeness (QED) is 0.462. The van der Waals surface area contributed by atoms with Crippen molar-refractivity contribution in [1.82, 2.24) is 4.57 Å². The Bertz CT molecular complexity index is 1100. The normalized spacial score (nSPS) is 12.2. The average Bonchev–Trinajstić information content (AvgIpc) is 2.98. The molecule has 0 aliphatic rings. The monoisotopic (exact) mass is 416 g/mol. The van der Waals surface area contributed by atoms with E-state index in [1.165, 1.54) is 11.1 Å². The Labute approximate surface area is 187 Å². The molecule has 0 unspecified atom stereocenters. The second-order valence-electron chi connectivity index (χ2n) is 10.9. The number of anilines is 1. The zero-order valence-electron chi connectivity index (χ0n) is 20.1. The fourth-order valence-electron chi connectivity index (χ4n) is 3.85. The van der Waals surface area contributed by atoms with Crippen molar-refractivity contribution in [3.05, 3.63) is 71.9 Å². The van der Waals surface area contributed by atoms with E-state index < -0.39 is 0 Å². The van der Waals surface area contributed by atoms with Crippen LogP contribution in [-0.2, 0) is 16.8 Å². The number of allylic oxidation sites excluding steroid dienone is 1. The summed E-state index contributed by atoms with van der Waals surface area (Å²) < 4.78 is 2.31. The molecule has 0 aliphatic heterocycles. The van der Waals surface area contributed by atoms with Gasteiger partial charge in [-0.3, -0.25) is 4.79 Å². The van der Waals surface area contributed by atoms with Gasteiger partial charge in [0.15, 0.2) is 0 Å². The molecule has 0 aliphatic carbocycles. The first kappa shape index (κ1) is 22.9. The van der Waals surface area contributed by atoms with Gasteiger partial charge in [0, 0.05) is 35.2 Å². The summed E-state index contributed by atoms with van der Waals surface area (Å²) in [5.41, 5.74) is 6.84. The average molecular weight is 417 g/mol. The van der Waals surface area contributed by atoms with E-state index in [1.54, 1.807) is 0 Å². The van der Waals surface area contributed by atoms with Gasteiger partial charge in [0.05, 0.1) is 0 Å². The molecule has 2 aromatic carbocycles. The lowest BCUT2D eigenvalue weighted by molar-refractivity contribution is -0.117. The van der Waals surface area contributed by atoms with E-state index in [-0.39, 0.29) is 16.7 Å². The summed E-state index contributed by atoms with van der Waals surface area (Å²) in [6.07, 6.45) is 0.494. The highest BCUT2D eigenvalue weighted by Crippen LogP contribution is 2.29. The van der Waals surface area contributed by atoms with Gasteiger partial charge in [0.2, 0.25) is 5.91 Å². The highest BCUT2D eigenvalue weighted by Gasteiger charge is 2.17. The van der Waals surface area contributed by atoms with Crippen LogP contribution in [-0.4, -0.2) is 10.5 Å². The first-order chi connectivity index (χ1) is 14.3. The van der Waals surface area contributed by atoms with Crippen LogP contribution in [0.25, 0.3) is 16.5 Å². The first-order valence-electron chi connectivity index (χ1n) is 11.0. The number of carbonyl (C=O) groups excluding carboxylic acids is 1. The summed E-state index contributed by atoms with van der Waals surface area (Å²) in [4.78, 5) is 12.4. The van der Waals surface area contributed by atoms with Gasteiger partial charge in [-0.1, -0.05) is 72.4 Å². The van der Waals surface area contributed by atoms with E-state index in [4.69, 9.17) is 0 Å². The molecule has 1 amide bonds. The van der Waals surface area contributed by atoms with Gasteiger partial charge in [-0.15, -0.1) is 0 Å². The van der Waals surface area contributed by atoms with Crippen molar-refractivity contribution < 1.29 is 4.79 Å². The van der Waals surface area contributed by atoms with Crippen molar-refractivity contribution in [3.63, 3.8) is 0 Å². The van der Waals surface area contributed by atoms with Crippen LogP contribution in [0.4, 0.5) is 5.69 Å². The predicted molar refractivity (Wildman–Crippen MR) is 134 cm³/mol. The van der Waals surface area contributed by atoms with Gasteiger partial charge >= 0.3 is 0 Å². The van der Waals surface area contributed by atoms with E-state index in [1.807, 2.05) is 13.0 Å². The fraction of sp³-hybridized carbons (Fsp3) is 0.393. The maximum atomic E-state index is 12.4. The lowest BCUT2D eigenvalue weighted by Gasteiger charge is -2.19. The van der Waals surface area contributed by atoms with Crippen LogP contribution in [0.2, 0.25) is 0 Å². The lowest BCUT2D eigenvalue weighted by atomic mass is 9.87. The highest BCUT2D eigenvalue weighted by molar-refractivity contribution is 5.95. The van der Waals surface area contributed by atoms with E-state index in [2.05, 4.69) is 100 Å². The molecule has 0 fully saturated rings. The molecule has 0 bridgehead atoms. The molecule has 31 heavy (non-hydrogen) atoms. The maximum absolute atomic E-state index is 12.4. The van der Waals surface area contributed by atoms with E-state index in [9.17, 15) is 4.79 Å². The molecular formula is C28H36N2O. The van der Waals surface area contributed by atoms with Crippen LogP contribution in [0.1, 0.15) is 71.7 Å². The number of nitrogens with one attached hydrogen (secondary N) is 1. The number of benzene rings is 2. The third-order valence-corrected chi connectivity index (χ3v) is 5.47. The van der Waals surface area contributed by atoms with Crippen LogP contribution in [0, 0.1) is 5.41 Å². The summed E-state index contributed by atoms with van der Waals surface area (Å²) >= 11 is 0. The number of amides is 1. The molecule has 0 spiro atoms. The molecule has 1 aromatic heterocycles. The van der Waals surface area contributed by atoms with Gasteiger partial charge < -0.3 is 9.88 Å². The van der Waals surface area contributed by atoms with Gasteiger partial charge in [0.1, 0.15) is 0 Å². The Morgan fingerprint density at radius 1 is 0.968 bits per heavy atom. The number of rotatable bonds is 5. The maximum Gasteiger partial charge on any atom is 0.224 e. The van der Waals surface area contributed by atoms with Crippen molar-refractivity contribution in [1.29, 1.82) is 0 Å². The topological polar surface area (TPSA) is 34.0 Å². The largest absolute Gasteiger partial charge is 0.336 e. The fourth-order valence-corrected chi connectivity index (χ4v) is 3.85. The lowest BCUT2D eigenvalue weighted by Crippen LogP contribution is -2.19. The van der Waals surface area contributed by atoms with Gasteiger partial charge in [-0.2, -0.15) is 0 Å². The zero-order chi connectivity index (χ0) is 23.0. The minimum Gasteiger partial charge on any atom is -0.336 e. The molecule has 0 atom stereocenters. The molecule has 0 saturated heterocycles. The zero-order valence-corrected chi connectivity index (χ0v) is 20.1. The Morgan fingerprint density at radius 3 is 2.16 bits per heavy atom. The van der Waals surface area contributed by atoms with E-state index in [0.717, 1.165) is 34.4 Å². The summed E-state index contributed by atoms with van der Waals surface area (Å²) in [7, 11) is 0. The third kappa shape index (κ3) is 5.66. The number of fused-ring (bicyclic) bond motifs is 1. The summed E-state index contributed by atoms with van der Waals surface area (Å²) in [6.45, 7) is 19.9. The van der Waals surface area contributed by atoms with Gasteiger partial charge in [-0.25, -0.2) is 0 Å². The molecular weight excluding hydrogens is 380 g/mol. The number of hydrogen-bond acceptors (Lipinski definition) is 1.